The number of halogens is 1. The van der Waals surface area contributed by atoms with Crippen molar-refractivity contribution in [3.05, 3.63) is 94.8 Å². The molecule has 2 amide bonds. The maximum atomic E-state index is 13.2. The largest absolute Gasteiger partial charge is 0.322 e. The molecular weight excluding hydrogens is 343 g/mol. The summed E-state index contributed by atoms with van der Waals surface area (Å²) in [5.41, 5.74) is 3.83. The molecule has 0 aliphatic heterocycles. The summed E-state index contributed by atoms with van der Waals surface area (Å²) in [5, 5.41) is 5.46. The van der Waals surface area contributed by atoms with Crippen LogP contribution in [0.4, 0.5) is 15.8 Å². The normalized spacial score (nSPS) is 10.3. The number of carbonyl (C=O) groups is 2. The molecule has 0 unspecified atom stereocenters. The van der Waals surface area contributed by atoms with Crippen LogP contribution in [0.5, 0.6) is 0 Å². The zero-order chi connectivity index (χ0) is 19.4. The third-order valence-electron chi connectivity index (χ3n) is 3.95. The van der Waals surface area contributed by atoms with Gasteiger partial charge in [0, 0.05) is 22.5 Å². The number of carbonyl (C=O) groups excluding carboxylic acids is 2. The summed E-state index contributed by atoms with van der Waals surface area (Å²) in [6.07, 6.45) is 0. The topological polar surface area (TPSA) is 58.2 Å². The van der Waals surface area contributed by atoms with Gasteiger partial charge in [-0.2, -0.15) is 0 Å². The van der Waals surface area contributed by atoms with Gasteiger partial charge in [0.25, 0.3) is 11.8 Å². The molecule has 3 rings (SSSR count). The number of anilines is 2. The van der Waals surface area contributed by atoms with Gasteiger partial charge >= 0.3 is 0 Å². The van der Waals surface area contributed by atoms with Crippen LogP contribution in [0.15, 0.2) is 66.7 Å². The average Bonchev–Trinajstić information content (AvgIpc) is 2.61. The zero-order valence-corrected chi connectivity index (χ0v) is 15.0. The molecule has 0 aromatic heterocycles. The molecule has 0 aliphatic carbocycles. The van der Waals surface area contributed by atoms with Crippen LogP contribution in [0.3, 0.4) is 0 Å². The SMILES string of the molecule is Cc1cc(C)cc(NC(=O)c2cccc(C(=O)Nc3cccc(F)c3)c2)c1. The Morgan fingerprint density at radius 1 is 0.704 bits per heavy atom. The van der Waals surface area contributed by atoms with Crippen LogP contribution in [0.2, 0.25) is 0 Å². The fraction of sp³-hybridized carbons (Fsp3) is 0.0909. The first-order chi connectivity index (χ1) is 12.9. The molecule has 2 N–H and O–H groups in total. The van der Waals surface area contributed by atoms with Crippen LogP contribution < -0.4 is 10.6 Å². The summed E-state index contributed by atoms with van der Waals surface area (Å²) in [7, 11) is 0. The third kappa shape index (κ3) is 4.79. The zero-order valence-electron chi connectivity index (χ0n) is 15.0. The van der Waals surface area contributed by atoms with E-state index < -0.39 is 11.7 Å². The van der Waals surface area contributed by atoms with Crippen molar-refractivity contribution in [2.24, 2.45) is 0 Å². The van der Waals surface area contributed by atoms with Crippen molar-refractivity contribution in [1.29, 1.82) is 0 Å². The van der Waals surface area contributed by atoms with Crippen LogP contribution in [0.25, 0.3) is 0 Å². The number of hydrogen-bond acceptors (Lipinski definition) is 2. The molecular formula is C22H19FN2O2. The van der Waals surface area contributed by atoms with Gasteiger partial charge in [0.05, 0.1) is 0 Å². The lowest BCUT2D eigenvalue weighted by Gasteiger charge is -2.09. The lowest BCUT2D eigenvalue weighted by molar-refractivity contribution is 0.102. The molecule has 3 aromatic rings. The van der Waals surface area contributed by atoms with Crippen LogP contribution in [-0.2, 0) is 0 Å². The molecule has 0 heterocycles. The highest BCUT2D eigenvalue weighted by Gasteiger charge is 2.12. The van der Waals surface area contributed by atoms with Gasteiger partial charge in [0.1, 0.15) is 5.82 Å². The highest BCUT2D eigenvalue weighted by molar-refractivity contribution is 6.08. The van der Waals surface area contributed by atoms with Gasteiger partial charge in [0.2, 0.25) is 0 Å². The molecule has 0 fully saturated rings. The summed E-state index contributed by atoms with van der Waals surface area (Å²) in [6.45, 7) is 3.92. The van der Waals surface area contributed by atoms with Crippen molar-refractivity contribution in [3.8, 4) is 0 Å². The van der Waals surface area contributed by atoms with Crippen molar-refractivity contribution >= 4 is 23.2 Å². The van der Waals surface area contributed by atoms with Crippen LogP contribution in [0.1, 0.15) is 31.8 Å². The summed E-state index contributed by atoms with van der Waals surface area (Å²) < 4.78 is 13.2. The molecule has 4 nitrogen and oxygen atoms in total. The van der Waals surface area contributed by atoms with Crippen molar-refractivity contribution in [2.75, 3.05) is 10.6 Å². The van der Waals surface area contributed by atoms with E-state index in [1.165, 1.54) is 24.3 Å². The smallest absolute Gasteiger partial charge is 0.255 e. The van der Waals surface area contributed by atoms with E-state index in [2.05, 4.69) is 10.6 Å². The van der Waals surface area contributed by atoms with E-state index in [1.807, 2.05) is 32.0 Å². The molecule has 0 atom stereocenters. The van der Waals surface area contributed by atoms with Crippen molar-refractivity contribution < 1.29 is 14.0 Å². The number of amides is 2. The summed E-state index contributed by atoms with van der Waals surface area (Å²) in [6, 6.07) is 17.8. The van der Waals surface area contributed by atoms with Crippen LogP contribution in [-0.4, -0.2) is 11.8 Å². The summed E-state index contributed by atoms with van der Waals surface area (Å²) in [4.78, 5) is 24.9. The molecule has 0 spiro atoms. The molecule has 0 saturated carbocycles. The molecule has 0 saturated heterocycles. The number of hydrogen-bond donors (Lipinski definition) is 2. The van der Waals surface area contributed by atoms with Crippen LogP contribution >= 0.6 is 0 Å². The van der Waals surface area contributed by atoms with Crippen molar-refractivity contribution in [1.82, 2.24) is 0 Å². The lowest BCUT2D eigenvalue weighted by atomic mass is 10.1. The summed E-state index contributed by atoms with van der Waals surface area (Å²) >= 11 is 0. The van der Waals surface area contributed by atoms with Gasteiger partial charge in [-0.1, -0.05) is 18.2 Å². The molecule has 27 heavy (non-hydrogen) atoms. The molecule has 136 valence electrons. The van der Waals surface area contributed by atoms with Gasteiger partial charge in [-0.25, -0.2) is 4.39 Å². The first-order valence-electron chi connectivity index (χ1n) is 8.47. The lowest BCUT2D eigenvalue weighted by Crippen LogP contribution is -2.15. The molecule has 3 aromatic carbocycles. The number of rotatable bonds is 4. The Labute approximate surface area is 157 Å². The van der Waals surface area contributed by atoms with Gasteiger partial charge in [0.15, 0.2) is 0 Å². The fourth-order valence-corrected chi connectivity index (χ4v) is 2.82. The number of benzene rings is 3. The quantitative estimate of drug-likeness (QED) is 0.690. The minimum Gasteiger partial charge on any atom is -0.322 e. The molecule has 0 aliphatic rings. The van der Waals surface area contributed by atoms with E-state index in [0.29, 0.717) is 22.5 Å². The monoisotopic (exact) mass is 362 g/mol. The second kappa shape index (κ2) is 7.83. The second-order valence-corrected chi connectivity index (χ2v) is 6.38. The van der Waals surface area contributed by atoms with Gasteiger partial charge in [-0.15, -0.1) is 0 Å². The van der Waals surface area contributed by atoms with Crippen LogP contribution in [0, 0.1) is 19.7 Å². The van der Waals surface area contributed by atoms with E-state index in [-0.39, 0.29) is 5.91 Å². The molecule has 5 heteroatoms. The second-order valence-electron chi connectivity index (χ2n) is 6.38. The third-order valence-corrected chi connectivity index (χ3v) is 3.95. The Balaban J connectivity index is 1.76. The molecule has 0 radical (unpaired) electrons. The Morgan fingerprint density at radius 3 is 1.85 bits per heavy atom. The first kappa shape index (κ1) is 18.3. The van der Waals surface area contributed by atoms with E-state index in [4.69, 9.17) is 0 Å². The highest BCUT2D eigenvalue weighted by Crippen LogP contribution is 2.16. The molecule has 0 bridgehead atoms. The Hall–Kier alpha value is -3.47. The predicted octanol–water partition coefficient (Wildman–Crippen LogP) is 4.95. The Kier molecular flexibility index (Phi) is 5.31. The minimum absolute atomic E-state index is 0.305. The maximum Gasteiger partial charge on any atom is 0.255 e. The highest BCUT2D eigenvalue weighted by atomic mass is 19.1. The predicted molar refractivity (Wildman–Crippen MR) is 105 cm³/mol. The average molecular weight is 362 g/mol. The fourth-order valence-electron chi connectivity index (χ4n) is 2.82. The minimum atomic E-state index is -0.436. The van der Waals surface area contributed by atoms with Gasteiger partial charge in [-0.05, 0) is 73.5 Å². The standard InChI is InChI=1S/C22H19FN2O2/c1-14-9-15(2)11-20(10-14)25-22(27)17-6-3-5-16(12-17)21(26)24-19-8-4-7-18(23)13-19/h3-13H,1-2H3,(H,24,26)(H,25,27). The van der Waals surface area contributed by atoms with Crippen molar-refractivity contribution in [2.45, 2.75) is 13.8 Å². The van der Waals surface area contributed by atoms with E-state index in [9.17, 15) is 14.0 Å². The summed E-state index contributed by atoms with van der Waals surface area (Å²) in [5.74, 6) is -1.16. The number of aryl methyl sites for hydroxylation is 2. The number of nitrogens with one attached hydrogen (secondary N) is 2. The van der Waals surface area contributed by atoms with E-state index in [0.717, 1.165) is 11.1 Å². The first-order valence-corrected chi connectivity index (χ1v) is 8.47. The Bertz CT molecular complexity index is 994. The van der Waals surface area contributed by atoms with Gasteiger partial charge in [-0.3, -0.25) is 9.59 Å². The van der Waals surface area contributed by atoms with Gasteiger partial charge < -0.3 is 10.6 Å². The Morgan fingerprint density at radius 2 is 1.26 bits per heavy atom. The van der Waals surface area contributed by atoms with E-state index >= 15 is 0 Å². The van der Waals surface area contributed by atoms with Crippen molar-refractivity contribution in [3.63, 3.8) is 0 Å². The van der Waals surface area contributed by atoms with E-state index in [1.54, 1.807) is 24.3 Å². The maximum absolute atomic E-state index is 13.2.